The van der Waals surface area contributed by atoms with Crippen LogP contribution in [-0.4, -0.2) is 50.6 Å². The normalized spacial score (nSPS) is 19.7. The number of piperazine rings is 1. The van der Waals surface area contributed by atoms with Crippen molar-refractivity contribution in [3.05, 3.63) is 0 Å². The molecule has 0 aliphatic carbocycles. The van der Waals surface area contributed by atoms with Crippen molar-refractivity contribution in [2.75, 3.05) is 32.7 Å². The van der Waals surface area contributed by atoms with E-state index in [1.54, 1.807) is 0 Å². The summed E-state index contributed by atoms with van der Waals surface area (Å²) in [6, 6.07) is -0.178. The topological polar surface area (TPSA) is 82.3 Å². The predicted octanol–water partition coefficient (Wildman–Crippen LogP) is -1.42. The van der Waals surface area contributed by atoms with E-state index < -0.39 is 0 Å². The number of rotatable bonds is 6. The van der Waals surface area contributed by atoms with Gasteiger partial charge in [-0.15, -0.1) is 0 Å². The van der Waals surface area contributed by atoms with Crippen LogP contribution in [0.1, 0.15) is 19.8 Å². The quantitative estimate of drug-likeness (QED) is 0.461. The van der Waals surface area contributed by atoms with Crippen molar-refractivity contribution in [1.82, 2.24) is 21.3 Å². The zero-order valence-corrected chi connectivity index (χ0v) is 10.3. The fourth-order valence-electron chi connectivity index (χ4n) is 1.61. The molecule has 0 aromatic heterocycles. The van der Waals surface area contributed by atoms with Crippen molar-refractivity contribution in [3.8, 4) is 0 Å². The van der Waals surface area contributed by atoms with E-state index in [-0.39, 0.29) is 17.9 Å². The van der Waals surface area contributed by atoms with Gasteiger partial charge in [0.05, 0.1) is 6.04 Å². The third-order valence-corrected chi connectivity index (χ3v) is 2.58. The van der Waals surface area contributed by atoms with Crippen LogP contribution in [0.5, 0.6) is 0 Å². The summed E-state index contributed by atoms with van der Waals surface area (Å²) in [7, 11) is 0. The molecule has 98 valence electrons. The maximum Gasteiger partial charge on any atom is 0.238 e. The van der Waals surface area contributed by atoms with Crippen LogP contribution in [0.3, 0.4) is 0 Å². The molecule has 1 atom stereocenters. The highest BCUT2D eigenvalue weighted by molar-refractivity contribution is 5.83. The summed E-state index contributed by atoms with van der Waals surface area (Å²) in [6.45, 7) is 5.43. The van der Waals surface area contributed by atoms with Gasteiger partial charge < -0.3 is 21.3 Å². The molecule has 1 fully saturated rings. The first-order chi connectivity index (χ1) is 8.24. The zero-order valence-electron chi connectivity index (χ0n) is 10.3. The van der Waals surface area contributed by atoms with Crippen LogP contribution in [0.25, 0.3) is 0 Å². The van der Waals surface area contributed by atoms with E-state index >= 15 is 0 Å². The minimum Gasteiger partial charge on any atom is -0.356 e. The molecule has 1 unspecified atom stereocenters. The first-order valence-electron chi connectivity index (χ1n) is 6.22. The van der Waals surface area contributed by atoms with Crippen molar-refractivity contribution >= 4 is 11.8 Å². The second-order valence-corrected chi connectivity index (χ2v) is 4.10. The molecule has 17 heavy (non-hydrogen) atoms. The van der Waals surface area contributed by atoms with Crippen LogP contribution in [0.15, 0.2) is 0 Å². The summed E-state index contributed by atoms with van der Waals surface area (Å²) in [6.07, 6.45) is 1.27. The Morgan fingerprint density at radius 3 is 2.71 bits per heavy atom. The highest BCUT2D eigenvalue weighted by atomic mass is 16.2. The lowest BCUT2D eigenvalue weighted by atomic mass is 10.2. The van der Waals surface area contributed by atoms with Gasteiger partial charge in [-0.05, 0) is 6.42 Å². The van der Waals surface area contributed by atoms with Crippen LogP contribution in [-0.2, 0) is 9.59 Å². The maximum absolute atomic E-state index is 11.6. The Hall–Kier alpha value is -1.14. The fraction of sp³-hybridized carbons (Fsp3) is 0.818. The first-order valence-corrected chi connectivity index (χ1v) is 6.22. The molecule has 0 aromatic carbocycles. The second kappa shape index (κ2) is 8.03. The van der Waals surface area contributed by atoms with Gasteiger partial charge in [0, 0.05) is 39.1 Å². The average molecular weight is 242 g/mol. The Kier molecular flexibility index (Phi) is 6.57. The molecular formula is C11H22N4O2. The Balaban J connectivity index is 2.08. The minimum atomic E-state index is -0.178. The molecule has 1 heterocycles. The molecule has 1 aliphatic heterocycles. The van der Waals surface area contributed by atoms with E-state index in [1.807, 2.05) is 6.92 Å². The standard InChI is InChI=1S/C11H22N4O2/c1-2-4-14-10(16)3-5-15-11(17)9-8-12-6-7-13-9/h9,12-13H,2-8H2,1H3,(H,14,16)(H,15,17). The second-order valence-electron chi connectivity index (χ2n) is 4.10. The molecule has 1 saturated heterocycles. The number of nitrogens with one attached hydrogen (secondary N) is 4. The van der Waals surface area contributed by atoms with E-state index in [2.05, 4.69) is 21.3 Å². The number of hydrogen-bond acceptors (Lipinski definition) is 4. The molecule has 6 nitrogen and oxygen atoms in total. The van der Waals surface area contributed by atoms with Gasteiger partial charge in [0.25, 0.3) is 0 Å². The molecule has 0 bridgehead atoms. The highest BCUT2D eigenvalue weighted by Crippen LogP contribution is 1.88. The summed E-state index contributed by atoms with van der Waals surface area (Å²) < 4.78 is 0. The summed E-state index contributed by atoms with van der Waals surface area (Å²) >= 11 is 0. The molecule has 0 saturated carbocycles. The van der Waals surface area contributed by atoms with Gasteiger partial charge in [0.1, 0.15) is 0 Å². The molecule has 0 radical (unpaired) electrons. The van der Waals surface area contributed by atoms with Crippen molar-refractivity contribution in [3.63, 3.8) is 0 Å². The molecule has 6 heteroatoms. The van der Waals surface area contributed by atoms with Gasteiger partial charge >= 0.3 is 0 Å². The predicted molar refractivity (Wildman–Crippen MR) is 65.6 cm³/mol. The van der Waals surface area contributed by atoms with Crippen LogP contribution < -0.4 is 21.3 Å². The van der Waals surface area contributed by atoms with Crippen molar-refractivity contribution in [1.29, 1.82) is 0 Å². The summed E-state index contributed by atoms with van der Waals surface area (Å²) in [4.78, 5) is 22.9. The molecule has 0 spiro atoms. The molecule has 1 aliphatic rings. The van der Waals surface area contributed by atoms with Gasteiger partial charge in [0.2, 0.25) is 11.8 Å². The van der Waals surface area contributed by atoms with E-state index in [0.29, 0.717) is 26.1 Å². The molecule has 1 rings (SSSR count). The van der Waals surface area contributed by atoms with Gasteiger partial charge in [-0.1, -0.05) is 6.92 Å². The van der Waals surface area contributed by atoms with Crippen molar-refractivity contribution < 1.29 is 9.59 Å². The van der Waals surface area contributed by atoms with Crippen LogP contribution in [0, 0.1) is 0 Å². The first kappa shape index (κ1) is 13.9. The molecular weight excluding hydrogens is 220 g/mol. The SMILES string of the molecule is CCCNC(=O)CCNC(=O)C1CNCCN1. The monoisotopic (exact) mass is 242 g/mol. The zero-order chi connectivity index (χ0) is 12.5. The highest BCUT2D eigenvalue weighted by Gasteiger charge is 2.19. The molecule has 4 N–H and O–H groups in total. The van der Waals surface area contributed by atoms with Gasteiger partial charge in [0.15, 0.2) is 0 Å². The van der Waals surface area contributed by atoms with Gasteiger partial charge in [-0.3, -0.25) is 9.59 Å². The third-order valence-electron chi connectivity index (χ3n) is 2.58. The van der Waals surface area contributed by atoms with E-state index in [1.165, 1.54) is 0 Å². The largest absolute Gasteiger partial charge is 0.356 e. The Bertz CT molecular complexity index is 252. The van der Waals surface area contributed by atoms with Crippen LogP contribution in [0.2, 0.25) is 0 Å². The smallest absolute Gasteiger partial charge is 0.238 e. The third kappa shape index (κ3) is 5.65. The van der Waals surface area contributed by atoms with Crippen LogP contribution in [0.4, 0.5) is 0 Å². The van der Waals surface area contributed by atoms with Crippen molar-refractivity contribution in [2.24, 2.45) is 0 Å². The summed E-state index contributed by atoms with van der Waals surface area (Å²) in [5, 5.41) is 11.8. The lowest BCUT2D eigenvalue weighted by molar-refractivity contribution is -0.123. The number of hydrogen-bond donors (Lipinski definition) is 4. The Morgan fingerprint density at radius 1 is 1.24 bits per heavy atom. The Morgan fingerprint density at radius 2 is 2.06 bits per heavy atom. The fourth-order valence-corrected chi connectivity index (χ4v) is 1.61. The average Bonchev–Trinajstić information content (AvgIpc) is 2.37. The summed E-state index contributed by atoms with van der Waals surface area (Å²) in [5.41, 5.74) is 0. The maximum atomic E-state index is 11.6. The van der Waals surface area contributed by atoms with Gasteiger partial charge in [-0.2, -0.15) is 0 Å². The minimum absolute atomic E-state index is 0.0121. The number of carbonyl (C=O) groups excluding carboxylic acids is 2. The van der Waals surface area contributed by atoms with E-state index in [0.717, 1.165) is 19.5 Å². The Labute approximate surface area is 102 Å². The summed E-state index contributed by atoms with van der Waals surface area (Å²) in [5.74, 6) is -0.0534. The van der Waals surface area contributed by atoms with E-state index in [9.17, 15) is 9.59 Å². The molecule has 2 amide bonds. The molecule has 0 aromatic rings. The number of amides is 2. The van der Waals surface area contributed by atoms with Crippen molar-refractivity contribution in [2.45, 2.75) is 25.8 Å². The lowest BCUT2D eigenvalue weighted by Crippen LogP contribution is -2.55. The van der Waals surface area contributed by atoms with Gasteiger partial charge in [-0.25, -0.2) is 0 Å². The van der Waals surface area contributed by atoms with Crippen LogP contribution >= 0.6 is 0 Å². The lowest BCUT2D eigenvalue weighted by Gasteiger charge is -2.23. The number of carbonyl (C=O) groups is 2. The van der Waals surface area contributed by atoms with E-state index in [4.69, 9.17) is 0 Å².